The Kier molecular flexibility index (Phi) is 11.2. The van der Waals surface area contributed by atoms with Gasteiger partial charge in [0.2, 0.25) is 0 Å². The van der Waals surface area contributed by atoms with E-state index in [1.807, 2.05) is 13.8 Å². The Hall–Kier alpha value is -1.14. The van der Waals surface area contributed by atoms with Crippen molar-refractivity contribution in [3.63, 3.8) is 0 Å². The minimum atomic E-state index is -0.647. The van der Waals surface area contributed by atoms with E-state index in [0.717, 1.165) is 12.8 Å². The number of esters is 2. The lowest BCUT2D eigenvalue weighted by Gasteiger charge is -2.42. The fourth-order valence-corrected chi connectivity index (χ4v) is 2.63. The van der Waals surface area contributed by atoms with Crippen LogP contribution in [0.15, 0.2) is 0 Å². The summed E-state index contributed by atoms with van der Waals surface area (Å²) < 4.78 is 16.6. The van der Waals surface area contributed by atoms with E-state index in [1.54, 1.807) is 0 Å². The third kappa shape index (κ3) is 10.7. The molecule has 0 aliphatic carbocycles. The zero-order valence-corrected chi connectivity index (χ0v) is 18.5. The molecule has 0 saturated carbocycles. The van der Waals surface area contributed by atoms with Crippen LogP contribution in [0, 0.1) is 5.41 Å². The third-order valence-corrected chi connectivity index (χ3v) is 5.21. The highest BCUT2D eigenvalue weighted by molar-refractivity contribution is 5.77. The van der Waals surface area contributed by atoms with Crippen LogP contribution in [0.3, 0.4) is 0 Å². The van der Waals surface area contributed by atoms with E-state index in [9.17, 15) is 9.59 Å². The normalized spacial score (nSPS) is 12.7. The first kappa shape index (κ1) is 25.9. The summed E-state index contributed by atoms with van der Waals surface area (Å²) in [4.78, 5) is 23.5. The highest BCUT2D eigenvalue weighted by Gasteiger charge is 2.37. The molecule has 2 N–H and O–H groups in total. The molecule has 0 heterocycles. The van der Waals surface area contributed by atoms with Crippen molar-refractivity contribution in [1.29, 1.82) is 0 Å². The van der Waals surface area contributed by atoms with Gasteiger partial charge in [0.1, 0.15) is 5.60 Å². The molecule has 0 aliphatic heterocycles. The van der Waals surface area contributed by atoms with Gasteiger partial charge >= 0.3 is 11.9 Å². The standard InChI is InChI=1S/C21H41NO5/c1-8-12-19(2,3)21(6,7)26-16-13-20(4,5)27-18(24)11-10-17(23)25-15-9-14-22/h8-16,22H2,1-7H3. The van der Waals surface area contributed by atoms with E-state index in [4.69, 9.17) is 19.9 Å². The van der Waals surface area contributed by atoms with Crippen LogP contribution < -0.4 is 5.73 Å². The van der Waals surface area contributed by atoms with E-state index < -0.39 is 17.5 Å². The summed E-state index contributed by atoms with van der Waals surface area (Å²) in [5.41, 5.74) is 4.48. The monoisotopic (exact) mass is 387 g/mol. The summed E-state index contributed by atoms with van der Waals surface area (Å²) in [5, 5.41) is 0. The van der Waals surface area contributed by atoms with Crippen molar-refractivity contribution in [2.45, 2.75) is 98.2 Å². The smallest absolute Gasteiger partial charge is 0.306 e. The van der Waals surface area contributed by atoms with Crippen LogP contribution in [-0.2, 0) is 23.8 Å². The summed E-state index contributed by atoms with van der Waals surface area (Å²) in [6.07, 6.45) is 3.44. The Morgan fingerprint density at radius 2 is 1.48 bits per heavy atom. The number of carbonyl (C=O) groups excluding carboxylic acids is 2. The molecule has 6 heteroatoms. The Balaban J connectivity index is 4.29. The van der Waals surface area contributed by atoms with Crippen molar-refractivity contribution in [3.05, 3.63) is 0 Å². The second-order valence-corrected chi connectivity index (χ2v) is 8.84. The number of nitrogens with two attached hydrogens (primary N) is 1. The molecule has 0 aromatic rings. The van der Waals surface area contributed by atoms with Crippen molar-refractivity contribution in [1.82, 2.24) is 0 Å². The molecule has 0 aliphatic rings. The van der Waals surface area contributed by atoms with Gasteiger partial charge in [-0.2, -0.15) is 0 Å². The molecule has 0 rings (SSSR count). The topological polar surface area (TPSA) is 87.8 Å². The highest BCUT2D eigenvalue weighted by atomic mass is 16.6. The van der Waals surface area contributed by atoms with Gasteiger partial charge in [0.25, 0.3) is 0 Å². The van der Waals surface area contributed by atoms with Gasteiger partial charge in [-0.25, -0.2) is 0 Å². The Morgan fingerprint density at radius 3 is 2.04 bits per heavy atom. The molecule has 0 amide bonds. The van der Waals surface area contributed by atoms with E-state index >= 15 is 0 Å². The highest BCUT2D eigenvalue weighted by Crippen LogP contribution is 2.38. The molecule has 0 spiro atoms. The number of ether oxygens (including phenoxy) is 3. The number of carbonyl (C=O) groups is 2. The van der Waals surface area contributed by atoms with Gasteiger partial charge in [0.15, 0.2) is 0 Å². The van der Waals surface area contributed by atoms with Gasteiger partial charge in [-0.05, 0) is 52.5 Å². The first-order chi connectivity index (χ1) is 12.4. The van der Waals surface area contributed by atoms with Crippen molar-refractivity contribution in [2.24, 2.45) is 11.1 Å². The maximum atomic E-state index is 12.0. The summed E-state index contributed by atoms with van der Waals surface area (Å²) in [5.74, 6) is -0.803. The van der Waals surface area contributed by atoms with Gasteiger partial charge in [-0.15, -0.1) is 0 Å². The van der Waals surface area contributed by atoms with Crippen LogP contribution in [-0.4, -0.2) is 42.9 Å². The molecule has 0 bridgehead atoms. The van der Waals surface area contributed by atoms with Crippen LogP contribution >= 0.6 is 0 Å². The number of hydrogen-bond acceptors (Lipinski definition) is 6. The summed E-state index contributed by atoms with van der Waals surface area (Å²) in [7, 11) is 0. The minimum absolute atomic E-state index is 0.0147. The quantitative estimate of drug-likeness (QED) is 0.358. The fraction of sp³-hybridized carbons (Fsp3) is 0.905. The lowest BCUT2D eigenvalue weighted by atomic mass is 9.74. The van der Waals surface area contributed by atoms with Gasteiger partial charge in [-0.1, -0.05) is 27.2 Å². The average Bonchev–Trinajstić information content (AvgIpc) is 2.52. The Labute approximate surface area is 165 Å². The molecule has 0 fully saturated rings. The number of rotatable bonds is 14. The predicted octanol–water partition coefficient (Wildman–Crippen LogP) is 3.99. The predicted molar refractivity (Wildman–Crippen MR) is 107 cm³/mol. The second kappa shape index (κ2) is 11.6. The SMILES string of the molecule is CCCC(C)(C)C(C)(C)OCCC(C)(C)OC(=O)CCC(=O)OCCCN. The molecule has 0 saturated heterocycles. The van der Waals surface area contributed by atoms with Crippen LogP contribution in [0.5, 0.6) is 0 Å². The van der Waals surface area contributed by atoms with Crippen LogP contribution in [0.2, 0.25) is 0 Å². The van der Waals surface area contributed by atoms with Crippen molar-refractivity contribution < 1.29 is 23.8 Å². The molecule has 0 radical (unpaired) electrons. The zero-order valence-electron chi connectivity index (χ0n) is 18.5. The molecular formula is C21H41NO5. The van der Waals surface area contributed by atoms with Crippen LogP contribution in [0.1, 0.15) is 87.0 Å². The van der Waals surface area contributed by atoms with Crippen LogP contribution in [0.25, 0.3) is 0 Å². The van der Waals surface area contributed by atoms with Crippen LogP contribution in [0.4, 0.5) is 0 Å². The molecule has 27 heavy (non-hydrogen) atoms. The first-order valence-electron chi connectivity index (χ1n) is 10.1. The molecular weight excluding hydrogens is 346 g/mol. The zero-order chi connectivity index (χ0) is 21.1. The van der Waals surface area contributed by atoms with Gasteiger partial charge < -0.3 is 19.9 Å². The Morgan fingerprint density at radius 1 is 0.889 bits per heavy atom. The van der Waals surface area contributed by atoms with E-state index in [1.165, 1.54) is 0 Å². The van der Waals surface area contributed by atoms with Gasteiger partial charge in [0.05, 0.1) is 31.7 Å². The average molecular weight is 388 g/mol. The molecule has 6 nitrogen and oxygen atoms in total. The fourth-order valence-electron chi connectivity index (χ4n) is 2.63. The minimum Gasteiger partial charge on any atom is -0.466 e. The number of hydrogen-bond donors (Lipinski definition) is 1. The van der Waals surface area contributed by atoms with Crippen molar-refractivity contribution in [2.75, 3.05) is 19.8 Å². The Bertz CT molecular complexity index is 457. The van der Waals surface area contributed by atoms with Crippen molar-refractivity contribution >= 4 is 11.9 Å². The van der Waals surface area contributed by atoms with Crippen molar-refractivity contribution in [3.8, 4) is 0 Å². The van der Waals surface area contributed by atoms with Gasteiger partial charge in [0, 0.05) is 6.42 Å². The summed E-state index contributed by atoms with van der Waals surface area (Å²) in [6.45, 7) is 15.8. The lowest BCUT2D eigenvalue weighted by Crippen LogP contribution is -2.42. The van der Waals surface area contributed by atoms with Gasteiger partial charge in [-0.3, -0.25) is 9.59 Å². The third-order valence-electron chi connectivity index (χ3n) is 5.21. The molecule has 0 unspecified atom stereocenters. The van der Waals surface area contributed by atoms with E-state index in [-0.39, 0.29) is 30.5 Å². The summed E-state index contributed by atoms with van der Waals surface area (Å²) >= 11 is 0. The molecule has 160 valence electrons. The van der Waals surface area contributed by atoms with E-state index in [0.29, 0.717) is 26.0 Å². The maximum Gasteiger partial charge on any atom is 0.306 e. The molecule has 0 aromatic heterocycles. The molecule has 0 atom stereocenters. The summed E-state index contributed by atoms with van der Waals surface area (Å²) in [6, 6.07) is 0. The second-order valence-electron chi connectivity index (χ2n) is 8.84. The maximum absolute atomic E-state index is 12.0. The lowest BCUT2D eigenvalue weighted by molar-refractivity contribution is -0.163. The van der Waals surface area contributed by atoms with E-state index in [2.05, 4.69) is 34.6 Å². The molecule has 0 aromatic carbocycles. The first-order valence-corrected chi connectivity index (χ1v) is 10.1. The largest absolute Gasteiger partial charge is 0.466 e.